The number of rotatable bonds is 2. The van der Waals surface area contributed by atoms with E-state index in [0.29, 0.717) is 23.6 Å². The summed E-state index contributed by atoms with van der Waals surface area (Å²) in [4.78, 5) is 12.0. The van der Waals surface area contributed by atoms with Crippen molar-refractivity contribution in [2.24, 2.45) is 7.05 Å². The van der Waals surface area contributed by atoms with Crippen LogP contribution in [0.3, 0.4) is 0 Å². The Labute approximate surface area is 87.5 Å². The fourth-order valence-corrected chi connectivity index (χ4v) is 1.53. The van der Waals surface area contributed by atoms with E-state index in [1.165, 1.54) is 17.1 Å². The lowest BCUT2D eigenvalue weighted by Gasteiger charge is -2.11. The Kier molecular flexibility index (Phi) is 2.45. The third-order valence-corrected chi connectivity index (χ3v) is 2.45. The number of nitrogens with zero attached hydrogens (tertiary/aromatic N) is 2. The molecule has 2 N–H and O–H groups in total. The molecule has 0 radical (unpaired) electrons. The summed E-state index contributed by atoms with van der Waals surface area (Å²) >= 11 is 0. The van der Waals surface area contributed by atoms with Crippen LogP contribution >= 0.6 is 0 Å². The average Bonchev–Trinajstić information content (AvgIpc) is 2.60. The van der Waals surface area contributed by atoms with Crippen molar-refractivity contribution in [3.63, 3.8) is 0 Å². The fourth-order valence-electron chi connectivity index (χ4n) is 1.53. The van der Waals surface area contributed by atoms with Gasteiger partial charge < -0.3 is 10.5 Å². The largest absolute Gasteiger partial charge is 0.501 e. The molecule has 2 heterocycles. The zero-order valence-electron chi connectivity index (χ0n) is 8.56. The van der Waals surface area contributed by atoms with E-state index in [0.717, 1.165) is 12.8 Å². The zero-order valence-corrected chi connectivity index (χ0v) is 8.56. The highest BCUT2D eigenvalue weighted by atomic mass is 16.5. The molecule has 0 amide bonds. The molecule has 0 fully saturated rings. The van der Waals surface area contributed by atoms with Gasteiger partial charge in [-0.2, -0.15) is 5.10 Å². The molecule has 0 aliphatic carbocycles. The van der Waals surface area contributed by atoms with Crippen molar-refractivity contribution in [2.45, 2.75) is 12.8 Å². The first-order valence-corrected chi connectivity index (χ1v) is 4.83. The van der Waals surface area contributed by atoms with Gasteiger partial charge in [-0.1, -0.05) is 0 Å². The summed E-state index contributed by atoms with van der Waals surface area (Å²) in [5.41, 5.74) is 6.84. The molecule has 0 atom stereocenters. The predicted molar refractivity (Wildman–Crippen MR) is 55.2 cm³/mol. The summed E-state index contributed by atoms with van der Waals surface area (Å²) in [6, 6.07) is 0. The van der Waals surface area contributed by atoms with Crippen molar-refractivity contribution in [2.75, 3.05) is 12.3 Å². The van der Waals surface area contributed by atoms with Gasteiger partial charge in [-0.05, 0) is 12.8 Å². The number of hydrogen-bond donors (Lipinski definition) is 1. The molecule has 5 nitrogen and oxygen atoms in total. The number of nitrogen functional groups attached to an aromatic ring is 1. The number of nitrogens with two attached hydrogens (primary N) is 1. The van der Waals surface area contributed by atoms with E-state index in [-0.39, 0.29) is 5.78 Å². The van der Waals surface area contributed by atoms with Crippen LogP contribution in [0.15, 0.2) is 18.0 Å². The Morgan fingerprint density at radius 3 is 3.00 bits per heavy atom. The maximum Gasteiger partial charge on any atom is 0.197 e. The summed E-state index contributed by atoms with van der Waals surface area (Å²) in [6.45, 7) is 0.680. The SMILES string of the molecule is Cn1ncc(C(=O)C2=COCCC2)c1N. The van der Waals surface area contributed by atoms with Crippen molar-refractivity contribution in [3.05, 3.63) is 23.6 Å². The van der Waals surface area contributed by atoms with Crippen molar-refractivity contribution in [1.82, 2.24) is 9.78 Å². The van der Waals surface area contributed by atoms with E-state index in [1.54, 1.807) is 7.05 Å². The summed E-state index contributed by atoms with van der Waals surface area (Å²) in [6.07, 6.45) is 4.64. The summed E-state index contributed by atoms with van der Waals surface area (Å²) < 4.78 is 6.60. The van der Waals surface area contributed by atoms with E-state index in [9.17, 15) is 4.79 Å². The molecule has 2 rings (SSSR count). The quantitative estimate of drug-likeness (QED) is 0.731. The summed E-state index contributed by atoms with van der Waals surface area (Å²) in [7, 11) is 1.71. The molecule has 0 saturated carbocycles. The number of hydrogen-bond acceptors (Lipinski definition) is 4. The number of aryl methyl sites for hydroxylation is 1. The van der Waals surface area contributed by atoms with Gasteiger partial charge in [0.05, 0.1) is 24.6 Å². The van der Waals surface area contributed by atoms with Gasteiger partial charge in [-0.25, -0.2) is 0 Å². The molecule has 0 saturated heterocycles. The van der Waals surface area contributed by atoms with Gasteiger partial charge in [-0.3, -0.25) is 9.48 Å². The number of carbonyl (C=O) groups excluding carboxylic acids is 1. The third kappa shape index (κ3) is 1.72. The topological polar surface area (TPSA) is 70.1 Å². The van der Waals surface area contributed by atoms with Crippen LogP contribution in [0.2, 0.25) is 0 Å². The minimum atomic E-state index is -0.0831. The van der Waals surface area contributed by atoms with Crippen molar-refractivity contribution >= 4 is 11.6 Å². The first-order chi connectivity index (χ1) is 7.20. The lowest BCUT2D eigenvalue weighted by Crippen LogP contribution is -2.11. The number of carbonyl (C=O) groups is 1. The van der Waals surface area contributed by atoms with Gasteiger partial charge in [0.2, 0.25) is 0 Å². The van der Waals surface area contributed by atoms with E-state index < -0.39 is 0 Å². The summed E-state index contributed by atoms with van der Waals surface area (Å²) in [5.74, 6) is 0.312. The zero-order chi connectivity index (χ0) is 10.8. The number of ether oxygens (including phenoxy) is 1. The second kappa shape index (κ2) is 3.76. The first-order valence-electron chi connectivity index (χ1n) is 4.83. The number of Topliss-reactive ketones (excluding diaryl/α,β-unsaturated/α-hetero) is 1. The predicted octanol–water partition coefficient (Wildman–Crippen LogP) is 0.879. The van der Waals surface area contributed by atoms with Crippen LogP contribution in [-0.2, 0) is 11.8 Å². The molecule has 0 spiro atoms. The Morgan fingerprint density at radius 2 is 2.47 bits per heavy atom. The lowest BCUT2D eigenvalue weighted by molar-refractivity contribution is 0.101. The fraction of sp³-hybridized carbons (Fsp3) is 0.400. The highest BCUT2D eigenvalue weighted by molar-refractivity contribution is 6.11. The molecular formula is C10H13N3O2. The van der Waals surface area contributed by atoms with Crippen LogP contribution in [0.4, 0.5) is 5.82 Å². The highest BCUT2D eigenvalue weighted by Crippen LogP contribution is 2.20. The number of aromatic nitrogens is 2. The Morgan fingerprint density at radius 1 is 1.67 bits per heavy atom. The third-order valence-electron chi connectivity index (χ3n) is 2.45. The van der Waals surface area contributed by atoms with Gasteiger partial charge >= 0.3 is 0 Å². The maximum atomic E-state index is 12.0. The molecule has 15 heavy (non-hydrogen) atoms. The van der Waals surface area contributed by atoms with E-state index >= 15 is 0 Å². The van der Waals surface area contributed by atoms with Gasteiger partial charge in [0.25, 0.3) is 0 Å². The van der Waals surface area contributed by atoms with Gasteiger partial charge in [0, 0.05) is 12.6 Å². The van der Waals surface area contributed by atoms with Crippen molar-refractivity contribution < 1.29 is 9.53 Å². The minimum absolute atomic E-state index is 0.0831. The van der Waals surface area contributed by atoms with E-state index in [1.807, 2.05) is 0 Å². The molecule has 1 aliphatic heterocycles. The normalized spacial score (nSPS) is 15.7. The van der Waals surface area contributed by atoms with Gasteiger partial charge in [0.15, 0.2) is 5.78 Å². The van der Waals surface area contributed by atoms with Crippen LogP contribution in [0.25, 0.3) is 0 Å². The maximum absolute atomic E-state index is 12.0. The van der Waals surface area contributed by atoms with Crippen molar-refractivity contribution in [3.8, 4) is 0 Å². The standard InChI is InChI=1S/C10H13N3O2/c1-13-10(11)8(5-12-13)9(14)7-3-2-4-15-6-7/h5-6H,2-4,11H2,1H3. The molecule has 5 heteroatoms. The van der Waals surface area contributed by atoms with Gasteiger partial charge in [-0.15, -0.1) is 0 Å². The number of anilines is 1. The van der Waals surface area contributed by atoms with Crippen LogP contribution < -0.4 is 5.73 Å². The number of allylic oxidation sites excluding steroid dienone is 1. The first kappa shape index (κ1) is 9.76. The van der Waals surface area contributed by atoms with E-state index in [4.69, 9.17) is 10.5 Å². The minimum Gasteiger partial charge on any atom is -0.501 e. The highest BCUT2D eigenvalue weighted by Gasteiger charge is 2.19. The summed E-state index contributed by atoms with van der Waals surface area (Å²) in [5, 5.41) is 3.93. The monoisotopic (exact) mass is 207 g/mol. The number of ketones is 1. The molecule has 80 valence electrons. The molecule has 1 aromatic rings. The lowest BCUT2D eigenvalue weighted by atomic mass is 10.0. The van der Waals surface area contributed by atoms with Crippen LogP contribution in [0.1, 0.15) is 23.2 Å². The van der Waals surface area contributed by atoms with Crippen molar-refractivity contribution in [1.29, 1.82) is 0 Å². The second-order valence-corrected chi connectivity index (χ2v) is 3.51. The van der Waals surface area contributed by atoms with Crippen LogP contribution in [0, 0.1) is 0 Å². The molecule has 1 aromatic heterocycles. The Bertz CT molecular complexity index is 420. The molecular weight excluding hydrogens is 194 g/mol. The molecule has 0 bridgehead atoms. The van der Waals surface area contributed by atoms with Crippen LogP contribution in [0.5, 0.6) is 0 Å². The molecule has 1 aliphatic rings. The van der Waals surface area contributed by atoms with Crippen LogP contribution in [-0.4, -0.2) is 22.2 Å². The average molecular weight is 207 g/mol. The van der Waals surface area contributed by atoms with E-state index in [2.05, 4.69) is 5.10 Å². The molecule has 0 aromatic carbocycles. The second-order valence-electron chi connectivity index (χ2n) is 3.51. The van der Waals surface area contributed by atoms with Gasteiger partial charge in [0.1, 0.15) is 5.82 Å². The Hall–Kier alpha value is -1.78. The molecule has 0 unspecified atom stereocenters. The smallest absolute Gasteiger partial charge is 0.197 e. The Balaban J connectivity index is 2.28.